The van der Waals surface area contributed by atoms with Crippen molar-refractivity contribution in [1.82, 2.24) is 0 Å². The SMILES string of the molecule is CC(C(=O)Nc1cccc(CSCC(=O)O)c1)c1cccs1. The predicted octanol–water partition coefficient (Wildman–Crippen LogP) is 3.81. The molecule has 1 aromatic heterocycles. The van der Waals surface area contributed by atoms with Crippen molar-refractivity contribution in [2.24, 2.45) is 0 Å². The maximum atomic E-state index is 12.2. The third-order valence-corrected chi connectivity index (χ3v) is 5.10. The van der Waals surface area contributed by atoms with Gasteiger partial charge in [0.1, 0.15) is 0 Å². The first-order chi connectivity index (χ1) is 10.6. The Hall–Kier alpha value is -1.79. The summed E-state index contributed by atoms with van der Waals surface area (Å²) in [5, 5.41) is 13.5. The number of benzene rings is 1. The number of carboxylic acid groups (broad SMARTS) is 1. The number of thiophene rings is 1. The average molecular weight is 335 g/mol. The van der Waals surface area contributed by atoms with E-state index in [0.717, 1.165) is 16.1 Å². The molecule has 1 atom stereocenters. The molecule has 1 aromatic carbocycles. The standard InChI is InChI=1S/C16H17NO3S2/c1-11(14-6-3-7-22-14)16(20)17-13-5-2-4-12(8-13)9-21-10-15(18)19/h2-8,11H,9-10H2,1H3,(H,17,20)(H,18,19). The van der Waals surface area contributed by atoms with Crippen LogP contribution in [0.3, 0.4) is 0 Å². The molecular formula is C16H17NO3S2. The van der Waals surface area contributed by atoms with Gasteiger partial charge in [0.05, 0.1) is 11.7 Å². The van der Waals surface area contributed by atoms with Crippen LogP contribution in [0.25, 0.3) is 0 Å². The van der Waals surface area contributed by atoms with Gasteiger partial charge in [-0.2, -0.15) is 0 Å². The smallest absolute Gasteiger partial charge is 0.313 e. The fourth-order valence-electron chi connectivity index (χ4n) is 1.91. The lowest BCUT2D eigenvalue weighted by atomic mass is 10.1. The van der Waals surface area contributed by atoms with E-state index in [1.165, 1.54) is 11.8 Å². The molecule has 0 fully saturated rings. The van der Waals surface area contributed by atoms with Crippen molar-refractivity contribution in [3.8, 4) is 0 Å². The molecule has 1 heterocycles. The minimum absolute atomic E-state index is 0.0437. The van der Waals surface area contributed by atoms with Crippen molar-refractivity contribution in [2.75, 3.05) is 11.1 Å². The third-order valence-electron chi connectivity index (χ3n) is 3.05. The largest absolute Gasteiger partial charge is 0.481 e. The number of aliphatic carboxylic acids is 1. The van der Waals surface area contributed by atoms with Crippen molar-refractivity contribution < 1.29 is 14.7 Å². The molecule has 0 aliphatic carbocycles. The van der Waals surface area contributed by atoms with Crippen LogP contribution in [-0.4, -0.2) is 22.7 Å². The molecule has 0 aliphatic heterocycles. The number of rotatable bonds is 7. The molecule has 0 saturated carbocycles. The van der Waals surface area contributed by atoms with Crippen molar-refractivity contribution in [2.45, 2.75) is 18.6 Å². The highest BCUT2D eigenvalue weighted by Gasteiger charge is 2.16. The number of carbonyl (C=O) groups is 2. The molecule has 1 unspecified atom stereocenters. The van der Waals surface area contributed by atoms with Crippen LogP contribution in [-0.2, 0) is 15.3 Å². The number of amides is 1. The van der Waals surface area contributed by atoms with E-state index in [2.05, 4.69) is 5.32 Å². The minimum Gasteiger partial charge on any atom is -0.481 e. The molecule has 22 heavy (non-hydrogen) atoms. The van der Waals surface area contributed by atoms with E-state index in [-0.39, 0.29) is 17.6 Å². The molecule has 6 heteroatoms. The van der Waals surface area contributed by atoms with Crippen molar-refractivity contribution >= 4 is 40.7 Å². The van der Waals surface area contributed by atoms with Gasteiger partial charge in [-0.3, -0.25) is 9.59 Å². The Morgan fingerprint density at radius 1 is 1.32 bits per heavy atom. The van der Waals surface area contributed by atoms with Gasteiger partial charge in [0, 0.05) is 16.3 Å². The summed E-state index contributed by atoms with van der Waals surface area (Å²) in [5.74, 6) is -0.371. The Labute approximate surface area is 137 Å². The molecule has 0 radical (unpaired) electrons. The van der Waals surface area contributed by atoms with Gasteiger partial charge < -0.3 is 10.4 Å². The van der Waals surface area contributed by atoms with Crippen LogP contribution < -0.4 is 5.32 Å². The van der Waals surface area contributed by atoms with Crippen LogP contribution in [0, 0.1) is 0 Å². The monoisotopic (exact) mass is 335 g/mol. The number of nitrogens with one attached hydrogen (secondary N) is 1. The van der Waals surface area contributed by atoms with Crippen LogP contribution in [0.5, 0.6) is 0 Å². The van der Waals surface area contributed by atoms with Crippen LogP contribution in [0.4, 0.5) is 5.69 Å². The number of hydrogen-bond donors (Lipinski definition) is 2. The lowest BCUT2D eigenvalue weighted by Crippen LogP contribution is -2.18. The summed E-state index contributed by atoms with van der Waals surface area (Å²) in [6, 6.07) is 11.4. The maximum absolute atomic E-state index is 12.2. The topological polar surface area (TPSA) is 66.4 Å². The first-order valence-corrected chi connectivity index (χ1v) is 8.82. The fraction of sp³-hybridized carbons (Fsp3) is 0.250. The van der Waals surface area contributed by atoms with Gasteiger partial charge in [0.15, 0.2) is 0 Å². The molecule has 2 rings (SSSR count). The second-order valence-electron chi connectivity index (χ2n) is 4.81. The highest BCUT2D eigenvalue weighted by Crippen LogP contribution is 2.23. The van der Waals surface area contributed by atoms with Crippen molar-refractivity contribution in [3.63, 3.8) is 0 Å². The fourth-order valence-corrected chi connectivity index (χ4v) is 3.39. The van der Waals surface area contributed by atoms with Crippen molar-refractivity contribution in [3.05, 3.63) is 52.2 Å². The summed E-state index contributed by atoms with van der Waals surface area (Å²) in [5.41, 5.74) is 1.73. The van der Waals surface area contributed by atoms with Gasteiger partial charge in [-0.25, -0.2) is 0 Å². The lowest BCUT2D eigenvalue weighted by molar-refractivity contribution is -0.133. The van der Waals surface area contributed by atoms with E-state index in [1.807, 2.05) is 48.7 Å². The summed E-state index contributed by atoms with van der Waals surface area (Å²) in [4.78, 5) is 23.8. The first kappa shape index (κ1) is 16.6. The van der Waals surface area contributed by atoms with E-state index in [4.69, 9.17) is 5.11 Å². The summed E-state index contributed by atoms with van der Waals surface area (Å²) >= 11 is 2.90. The number of carbonyl (C=O) groups excluding carboxylic acids is 1. The normalized spacial score (nSPS) is 11.9. The molecule has 2 aromatic rings. The molecule has 0 spiro atoms. The Morgan fingerprint density at radius 2 is 2.14 bits per heavy atom. The molecule has 0 bridgehead atoms. The van der Waals surface area contributed by atoms with E-state index in [1.54, 1.807) is 11.3 Å². The molecule has 1 amide bonds. The number of hydrogen-bond acceptors (Lipinski definition) is 4. The van der Waals surface area contributed by atoms with Gasteiger partial charge in [0.2, 0.25) is 5.91 Å². The zero-order valence-electron chi connectivity index (χ0n) is 12.1. The Bertz CT molecular complexity index is 641. The average Bonchev–Trinajstić information content (AvgIpc) is 3.00. The third kappa shape index (κ3) is 4.89. The minimum atomic E-state index is -0.820. The number of thioether (sulfide) groups is 1. The predicted molar refractivity (Wildman–Crippen MR) is 91.6 cm³/mol. The second-order valence-corrected chi connectivity index (χ2v) is 6.78. The van der Waals surface area contributed by atoms with E-state index < -0.39 is 5.97 Å². The van der Waals surface area contributed by atoms with Crippen LogP contribution >= 0.6 is 23.1 Å². The number of carboxylic acids is 1. The second kappa shape index (κ2) is 8.00. The summed E-state index contributed by atoms with van der Waals surface area (Å²) in [7, 11) is 0. The lowest BCUT2D eigenvalue weighted by Gasteiger charge is -2.11. The zero-order chi connectivity index (χ0) is 15.9. The zero-order valence-corrected chi connectivity index (χ0v) is 13.7. The molecule has 0 saturated heterocycles. The quantitative estimate of drug-likeness (QED) is 0.807. The molecule has 116 valence electrons. The van der Waals surface area contributed by atoms with Crippen molar-refractivity contribution in [1.29, 1.82) is 0 Å². The number of anilines is 1. The Kier molecular flexibility index (Phi) is 6.03. The van der Waals surface area contributed by atoms with Gasteiger partial charge in [0.25, 0.3) is 0 Å². The summed E-state index contributed by atoms with van der Waals surface area (Å²) in [6.45, 7) is 1.88. The van der Waals surface area contributed by atoms with Crippen LogP contribution in [0.1, 0.15) is 23.3 Å². The van der Waals surface area contributed by atoms with Gasteiger partial charge in [-0.05, 0) is 36.1 Å². The van der Waals surface area contributed by atoms with Gasteiger partial charge >= 0.3 is 5.97 Å². The highest BCUT2D eigenvalue weighted by atomic mass is 32.2. The molecule has 4 nitrogen and oxygen atoms in total. The van der Waals surface area contributed by atoms with E-state index in [9.17, 15) is 9.59 Å². The molecular weight excluding hydrogens is 318 g/mol. The van der Waals surface area contributed by atoms with Gasteiger partial charge in [-0.15, -0.1) is 23.1 Å². The van der Waals surface area contributed by atoms with Crippen LogP contribution in [0.15, 0.2) is 41.8 Å². The molecule has 0 aliphatic rings. The van der Waals surface area contributed by atoms with E-state index in [0.29, 0.717) is 5.75 Å². The highest BCUT2D eigenvalue weighted by molar-refractivity contribution is 7.99. The van der Waals surface area contributed by atoms with Crippen LogP contribution in [0.2, 0.25) is 0 Å². The summed E-state index contributed by atoms with van der Waals surface area (Å²) in [6.07, 6.45) is 0. The molecule has 2 N–H and O–H groups in total. The van der Waals surface area contributed by atoms with Gasteiger partial charge in [-0.1, -0.05) is 18.2 Å². The summed E-state index contributed by atoms with van der Waals surface area (Å²) < 4.78 is 0. The van der Waals surface area contributed by atoms with E-state index >= 15 is 0 Å². The maximum Gasteiger partial charge on any atom is 0.313 e. The Morgan fingerprint density at radius 3 is 2.82 bits per heavy atom. The first-order valence-electron chi connectivity index (χ1n) is 6.79. The Balaban J connectivity index is 1.95.